The lowest BCUT2D eigenvalue weighted by Crippen LogP contribution is -2.17. The average molecular weight is 349 g/mol. The average Bonchev–Trinajstić information content (AvgIpc) is 2.53. The van der Waals surface area contributed by atoms with Crippen LogP contribution in [0.4, 0.5) is 0 Å². The van der Waals surface area contributed by atoms with Gasteiger partial charge < -0.3 is 5.73 Å². The van der Waals surface area contributed by atoms with Crippen LogP contribution < -0.4 is 10.6 Å². The number of hydrogen-bond donors (Lipinski definition) is 1. The predicted molar refractivity (Wildman–Crippen MR) is 88.1 cm³/mol. The first-order valence-electron chi connectivity index (χ1n) is 7.34. The third kappa shape index (κ3) is 4.56. The molecule has 2 aromatic carbocycles. The summed E-state index contributed by atoms with van der Waals surface area (Å²) in [7, 11) is -3.63. The van der Waals surface area contributed by atoms with E-state index in [4.69, 9.17) is 10.6 Å². The third-order valence-electron chi connectivity index (χ3n) is 3.18. The third-order valence-corrected chi connectivity index (χ3v) is 4.97. The van der Waals surface area contributed by atoms with E-state index in [1.54, 1.807) is 24.3 Å². The van der Waals surface area contributed by atoms with Crippen LogP contribution in [0.1, 0.15) is 19.4 Å². The van der Waals surface area contributed by atoms with E-state index in [0.29, 0.717) is 6.42 Å². The zero-order chi connectivity index (χ0) is 17.7. The molecule has 6 nitrogen and oxygen atoms in total. The zero-order valence-corrected chi connectivity index (χ0v) is 14.2. The van der Waals surface area contributed by atoms with E-state index < -0.39 is 15.8 Å². The Kier molecular flexibility index (Phi) is 5.58. The molecule has 0 radical (unpaired) electrons. The smallest absolute Gasteiger partial charge is 0.328 e. The monoisotopic (exact) mass is 349 g/mol. The molecule has 24 heavy (non-hydrogen) atoms. The van der Waals surface area contributed by atoms with Crippen LogP contribution in [-0.2, 0) is 25.9 Å². The summed E-state index contributed by atoms with van der Waals surface area (Å²) in [4.78, 5) is 20.1. The normalized spacial score (nSPS) is 12.5. The Morgan fingerprint density at radius 2 is 1.54 bits per heavy atom. The van der Waals surface area contributed by atoms with Crippen molar-refractivity contribution in [3.8, 4) is 5.75 Å². The molecule has 0 saturated carbocycles. The molecule has 1 atom stereocenters. The summed E-state index contributed by atoms with van der Waals surface area (Å²) in [6.07, 6.45) is 0.683. The lowest BCUT2D eigenvalue weighted by molar-refractivity contribution is -0.210. The Hall–Kier alpha value is -2.38. The molecule has 0 unspecified atom stereocenters. The molecule has 7 heteroatoms. The minimum absolute atomic E-state index is 0.0113. The van der Waals surface area contributed by atoms with E-state index in [2.05, 4.69) is 4.89 Å². The number of rotatable bonds is 6. The molecule has 0 aliphatic heterocycles. The van der Waals surface area contributed by atoms with Crippen LogP contribution in [0.2, 0.25) is 0 Å². The van der Waals surface area contributed by atoms with E-state index in [1.807, 2.05) is 6.92 Å². The van der Waals surface area contributed by atoms with E-state index in [-0.39, 0.29) is 21.6 Å². The van der Waals surface area contributed by atoms with Gasteiger partial charge in [-0.2, -0.15) is 0 Å². The lowest BCUT2D eigenvalue weighted by Gasteiger charge is -2.08. The Balaban J connectivity index is 2.18. The molecule has 0 aliphatic rings. The van der Waals surface area contributed by atoms with Crippen LogP contribution in [0.5, 0.6) is 5.75 Å². The molecule has 0 aliphatic carbocycles. The SMILES string of the molecule is CC(=O)OOc1ccc(S(=O)(=O)c2ccc(C[C@@H](C)N)cc2)cc1. The Bertz CT molecular complexity index is 796. The Morgan fingerprint density at radius 1 is 1.04 bits per heavy atom. The number of benzene rings is 2. The molecule has 2 aromatic rings. The highest BCUT2D eigenvalue weighted by atomic mass is 32.2. The summed E-state index contributed by atoms with van der Waals surface area (Å²) in [6, 6.07) is 12.3. The molecule has 0 bridgehead atoms. The summed E-state index contributed by atoms with van der Waals surface area (Å²) in [5, 5.41) is 0. The van der Waals surface area contributed by atoms with Crippen molar-refractivity contribution in [3.05, 3.63) is 54.1 Å². The van der Waals surface area contributed by atoms with Gasteiger partial charge in [0.1, 0.15) is 0 Å². The van der Waals surface area contributed by atoms with E-state index in [9.17, 15) is 13.2 Å². The number of carbonyl (C=O) groups excluding carboxylic acids is 1. The second kappa shape index (κ2) is 7.46. The van der Waals surface area contributed by atoms with Crippen LogP contribution in [-0.4, -0.2) is 20.4 Å². The minimum atomic E-state index is -3.63. The first kappa shape index (κ1) is 18.0. The van der Waals surface area contributed by atoms with Crippen molar-refractivity contribution < 1.29 is 23.0 Å². The van der Waals surface area contributed by atoms with Gasteiger partial charge in [0.05, 0.1) is 9.79 Å². The van der Waals surface area contributed by atoms with Gasteiger partial charge >= 0.3 is 5.97 Å². The van der Waals surface area contributed by atoms with Crippen LogP contribution >= 0.6 is 0 Å². The van der Waals surface area contributed by atoms with E-state index in [0.717, 1.165) is 5.56 Å². The summed E-state index contributed by atoms with van der Waals surface area (Å²) in [6.45, 7) is 3.10. The Morgan fingerprint density at radius 3 is 2.00 bits per heavy atom. The number of nitrogens with two attached hydrogens (primary N) is 1. The summed E-state index contributed by atoms with van der Waals surface area (Å²) >= 11 is 0. The number of hydrogen-bond acceptors (Lipinski definition) is 6. The second-order valence-corrected chi connectivity index (χ2v) is 7.41. The zero-order valence-electron chi connectivity index (χ0n) is 13.4. The van der Waals surface area contributed by atoms with Gasteiger partial charge in [-0.15, -0.1) is 0 Å². The number of sulfone groups is 1. The Labute approximate surface area is 141 Å². The minimum Gasteiger partial charge on any atom is -0.328 e. The summed E-state index contributed by atoms with van der Waals surface area (Å²) in [5.74, 6) is -0.366. The van der Waals surface area contributed by atoms with Gasteiger partial charge in [-0.25, -0.2) is 13.2 Å². The van der Waals surface area contributed by atoms with Crippen molar-refractivity contribution in [2.24, 2.45) is 5.73 Å². The maximum atomic E-state index is 12.6. The van der Waals surface area contributed by atoms with Gasteiger partial charge in [-0.05, 0) is 55.3 Å². The van der Waals surface area contributed by atoms with Crippen molar-refractivity contribution in [1.82, 2.24) is 0 Å². The maximum absolute atomic E-state index is 12.6. The highest BCUT2D eigenvalue weighted by Crippen LogP contribution is 2.23. The van der Waals surface area contributed by atoms with Gasteiger partial charge in [-0.3, -0.25) is 9.78 Å². The fourth-order valence-corrected chi connectivity index (χ4v) is 3.35. The quantitative estimate of drug-likeness (QED) is 0.635. The van der Waals surface area contributed by atoms with Gasteiger partial charge in [0.25, 0.3) is 0 Å². The molecular formula is C17H19NO5S. The van der Waals surface area contributed by atoms with Crippen LogP contribution in [0, 0.1) is 0 Å². The van der Waals surface area contributed by atoms with E-state index in [1.165, 1.54) is 31.2 Å². The first-order chi connectivity index (χ1) is 11.3. The molecule has 0 spiro atoms. The molecule has 2 rings (SSSR count). The van der Waals surface area contributed by atoms with Crippen molar-refractivity contribution in [3.63, 3.8) is 0 Å². The maximum Gasteiger partial charge on any atom is 0.352 e. The molecule has 128 valence electrons. The van der Waals surface area contributed by atoms with Crippen molar-refractivity contribution in [1.29, 1.82) is 0 Å². The molecule has 0 saturated heterocycles. The molecule has 0 fully saturated rings. The fraction of sp³-hybridized carbons (Fsp3) is 0.235. The van der Waals surface area contributed by atoms with Crippen LogP contribution in [0.15, 0.2) is 58.3 Å². The van der Waals surface area contributed by atoms with Crippen molar-refractivity contribution in [2.45, 2.75) is 36.1 Å². The van der Waals surface area contributed by atoms with Gasteiger partial charge in [0.2, 0.25) is 9.84 Å². The fourth-order valence-electron chi connectivity index (χ4n) is 2.09. The first-order valence-corrected chi connectivity index (χ1v) is 8.82. The molecule has 2 N–H and O–H groups in total. The van der Waals surface area contributed by atoms with Crippen molar-refractivity contribution in [2.75, 3.05) is 0 Å². The number of carbonyl (C=O) groups is 1. The standard InChI is InChI=1S/C17H19NO5S/c1-12(18)11-14-3-7-16(8-4-14)24(20,21)17-9-5-15(6-10-17)23-22-13(2)19/h3-10,12H,11,18H2,1-2H3/t12-/m1/s1. The van der Waals surface area contributed by atoms with Gasteiger partial charge in [0.15, 0.2) is 5.75 Å². The highest BCUT2D eigenvalue weighted by molar-refractivity contribution is 7.91. The molecule has 0 amide bonds. The second-order valence-electron chi connectivity index (χ2n) is 5.46. The molecular weight excluding hydrogens is 330 g/mol. The van der Waals surface area contributed by atoms with Crippen LogP contribution in [0.3, 0.4) is 0 Å². The molecule has 0 aromatic heterocycles. The predicted octanol–water partition coefficient (Wildman–Crippen LogP) is 2.27. The van der Waals surface area contributed by atoms with E-state index >= 15 is 0 Å². The van der Waals surface area contributed by atoms with Crippen molar-refractivity contribution >= 4 is 15.8 Å². The largest absolute Gasteiger partial charge is 0.352 e. The lowest BCUT2D eigenvalue weighted by atomic mass is 10.1. The molecule has 0 heterocycles. The van der Waals surface area contributed by atoms with Gasteiger partial charge in [-0.1, -0.05) is 12.1 Å². The highest BCUT2D eigenvalue weighted by Gasteiger charge is 2.17. The summed E-state index contributed by atoms with van der Waals surface area (Å²) < 4.78 is 25.2. The topological polar surface area (TPSA) is 95.7 Å². The summed E-state index contributed by atoms with van der Waals surface area (Å²) in [5.41, 5.74) is 6.72. The van der Waals surface area contributed by atoms with Crippen LogP contribution in [0.25, 0.3) is 0 Å². The van der Waals surface area contributed by atoms with Gasteiger partial charge in [0, 0.05) is 13.0 Å².